The van der Waals surface area contributed by atoms with Crippen LogP contribution in [0.1, 0.15) is 6.92 Å². The quantitative estimate of drug-likeness (QED) is 0.492. The molecule has 1 aromatic carbocycles. The molecule has 9 heteroatoms. The number of nitrogens with one attached hydrogen (secondary N) is 1. The summed E-state index contributed by atoms with van der Waals surface area (Å²) in [5.41, 5.74) is 0.657. The fourth-order valence-corrected chi connectivity index (χ4v) is 2.80. The van der Waals surface area contributed by atoms with Crippen molar-refractivity contribution in [1.82, 2.24) is 20.2 Å². The van der Waals surface area contributed by atoms with Crippen LogP contribution in [-0.2, 0) is 4.79 Å². The summed E-state index contributed by atoms with van der Waals surface area (Å²) < 4.78 is 1.37. The highest BCUT2D eigenvalue weighted by Gasteiger charge is 2.14. The van der Waals surface area contributed by atoms with Gasteiger partial charge >= 0.3 is 0 Å². The van der Waals surface area contributed by atoms with E-state index in [4.69, 9.17) is 29.0 Å². The van der Waals surface area contributed by atoms with E-state index < -0.39 is 0 Å². The van der Waals surface area contributed by atoms with E-state index in [9.17, 15) is 4.79 Å². The monoisotopic (exact) mass is 345 g/mol. The molecule has 3 N–H and O–H groups in total. The van der Waals surface area contributed by atoms with Crippen LogP contribution in [0.3, 0.4) is 0 Å². The van der Waals surface area contributed by atoms with Crippen LogP contribution in [0.15, 0.2) is 23.4 Å². The number of amides is 1. The number of carbonyl (C=O) groups excluding carboxylic acids is 1. The number of benzene rings is 1. The lowest BCUT2D eigenvalue weighted by Gasteiger charge is -2.05. The first-order valence-corrected chi connectivity index (χ1v) is 7.76. The van der Waals surface area contributed by atoms with Gasteiger partial charge in [-0.2, -0.15) is 0 Å². The van der Waals surface area contributed by atoms with Crippen LogP contribution in [0, 0.1) is 0 Å². The van der Waals surface area contributed by atoms with Crippen molar-refractivity contribution in [3.05, 3.63) is 28.2 Å². The normalized spacial score (nSPS) is 10.6. The molecule has 2 aromatic rings. The maximum atomic E-state index is 10.8. The minimum Gasteiger partial charge on any atom is -0.356 e. The summed E-state index contributed by atoms with van der Waals surface area (Å²) in [6, 6.07) is 5.07. The standard InChI is InChI=1S/C12H13Cl2N5OS/c1-7(20)16-4-5-21-12-18-17-11(19(12)15)9-3-2-8(13)6-10(9)14/h2-3,6H,4-5,15H2,1H3,(H,16,20). The van der Waals surface area contributed by atoms with Crippen LogP contribution < -0.4 is 11.2 Å². The third-order valence-corrected chi connectivity index (χ3v) is 4.04. The molecule has 21 heavy (non-hydrogen) atoms. The highest BCUT2D eigenvalue weighted by molar-refractivity contribution is 7.99. The summed E-state index contributed by atoms with van der Waals surface area (Å²) in [6.07, 6.45) is 0. The Bertz CT molecular complexity index is 661. The molecule has 0 aliphatic carbocycles. The van der Waals surface area contributed by atoms with Crippen molar-refractivity contribution in [1.29, 1.82) is 0 Å². The molecule has 0 bridgehead atoms. The summed E-state index contributed by atoms with van der Waals surface area (Å²) in [5.74, 6) is 7.00. The number of aromatic nitrogens is 3. The minimum absolute atomic E-state index is 0.0709. The molecule has 0 aliphatic heterocycles. The third kappa shape index (κ3) is 4.03. The van der Waals surface area contributed by atoms with E-state index in [1.807, 2.05) is 0 Å². The second kappa shape index (κ2) is 7.02. The van der Waals surface area contributed by atoms with Crippen LogP contribution in [0.5, 0.6) is 0 Å². The molecule has 2 rings (SSSR count). The molecular weight excluding hydrogens is 333 g/mol. The molecule has 0 spiro atoms. The number of hydrogen-bond acceptors (Lipinski definition) is 5. The average Bonchev–Trinajstić information content (AvgIpc) is 2.76. The lowest BCUT2D eigenvalue weighted by atomic mass is 10.2. The maximum Gasteiger partial charge on any atom is 0.216 e. The van der Waals surface area contributed by atoms with E-state index in [1.54, 1.807) is 18.2 Å². The molecular formula is C12H13Cl2N5OS. The van der Waals surface area contributed by atoms with Crippen LogP contribution in [0.25, 0.3) is 11.4 Å². The van der Waals surface area contributed by atoms with Gasteiger partial charge in [0.05, 0.1) is 5.02 Å². The lowest BCUT2D eigenvalue weighted by molar-refractivity contribution is -0.118. The van der Waals surface area contributed by atoms with E-state index in [-0.39, 0.29) is 5.91 Å². The van der Waals surface area contributed by atoms with Gasteiger partial charge in [-0.15, -0.1) is 10.2 Å². The second-order valence-electron chi connectivity index (χ2n) is 4.13. The zero-order valence-corrected chi connectivity index (χ0v) is 13.5. The first-order valence-electron chi connectivity index (χ1n) is 6.02. The Morgan fingerprint density at radius 3 is 2.86 bits per heavy atom. The first-order chi connectivity index (χ1) is 9.99. The number of hydrogen-bond donors (Lipinski definition) is 2. The van der Waals surface area contributed by atoms with Crippen molar-refractivity contribution in [3.8, 4) is 11.4 Å². The topological polar surface area (TPSA) is 85.8 Å². The number of nitrogen functional groups attached to an aromatic ring is 1. The predicted octanol–water partition coefficient (Wildman–Crippen LogP) is 2.19. The highest BCUT2D eigenvalue weighted by Crippen LogP contribution is 2.29. The molecule has 0 atom stereocenters. The van der Waals surface area contributed by atoms with Gasteiger partial charge in [-0.3, -0.25) is 4.79 Å². The largest absolute Gasteiger partial charge is 0.356 e. The molecule has 0 radical (unpaired) electrons. The number of rotatable bonds is 5. The first kappa shape index (κ1) is 15.9. The van der Waals surface area contributed by atoms with E-state index in [2.05, 4.69) is 15.5 Å². The zero-order valence-electron chi connectivity index (χ0n) is 11.1. The van der Waals surface area contributed by atoms with Crippen LogP contribution >= 0.6 is 35.0 Å². The third-order valence-electron chi connectivity index (χ3n) is 2.54. The van der Waals surface area contributed by atoms with Gasteiger partial charge in [0, 0.05) is 29.8 Å². The van der Waals surface area contributed by atoms with Gasteiger partial charge in [0.15, 0.2) is 5.82 Å². The molecule has 6 nitrogen and oxygen atoms in total. The summed E-state index contributed by atoms with van der Waals surface area (Å²) in [6.45, 7) is 2.00. The average molecular weight is 346 g/mol. The van der Waals surface area contributed by atoms with E-state index in [0.717, 1.165) is 0 Å². The highest BCUT2D eigenvalue weighted by atomic mass is 35.5. The fourth-order valence-electron chi connectivity index (χ4n) is 1.60. The minimum atomic E-state index is -0.0709. The van der Waals surface area contributed by atoms with E-state index in [0.29, 0.717) is 38.9 Å². The predicted molar refractivity (Wildman–Crippen MR) is 85.0 cm³/mol. The van der Waals surface area contributed by atoms with Crippen LogP contribution in [0.4, 0.5) is 0 Å². The number of halogens is 2. The molecule has 0 unspecified atom stereocenters. The molecule has 1 amide bonds. The Kier molecular flexibility index (Phi) is 5.33. The summed E-state index contributed by atoms with van der Waals surface area (Å²) in [5, 5.41) is 12.3. The molecule has 0 saturated carbocycles. The fraction of sp³-hybridized carbons (Fsp3) is 0.250. The summed E-state index contributed by atoms with van der Waals surface area (Å²) in [7, 11) is 0. The molecule has 1 heterocycles. The van der Waals surface area contributed by atoms with Gasteiger partial charge in [-0.1, -0.05) is 35.0 Å². The molecule has 112 valence electrons. The van der Waals surface area contributed by atoms with Gasteiger partial charge < -0.3 is 11.2 Å². The summed E-state index contributed by atoms with van der Waals surface area (Å²) in [4.78, 5) is 10.8. The Balaban J connectivity index is 2.11. The Labute approximate surface area is 136 Å². The van der Waals surface area contributed by atoms with Gasteiger partial charge in [0.25, 0.3) is 0 Å². The van der Waals surface area contributed by atoms with Crippen LogP contribution in [-0.4, -0.2) is 33.1 Å². The number of nitrogens with zero attached hydrogens (tertiary/aromatic N) is 3. The lowest BCUT2D eigenvalue weighted by Crippen LogP contribution is -2.22. The Hall–Kier alpha value is -1.44. The van der Waals surface area contributed by atoms with Crippen LogP contribution in [0.2, 0.25) is 10.0 Å². The van der Waals surface area contributed by atoms with Crippen molar-refractivity contribution in [3.63, 3.8) is 0 Å². The van der Waals surface area contributed by atoms with E-state index in [1.165, 1.54) is 23.4 Å². The molecule has 1 aromatic heterocycles. The molecule has 0 aliphatic rings. The SMILES string of the molecule is CC(=O)NCCSc1nnc(-c2ccc(Cl)cc2Cl)n1N. The number of nitrogens with two attached hydrogens (primary N) is 1. The van der Waals surface area contributed by atoms with Crippen molar-refractivity contribution in [2.45, 2.75) is 12.1 Å². The summed E-state index contributed by atoms with van der Waals surface area (Å²) >= 11 is 13.4. The number of carbonyl (C=O) groups is 1. The Morgan fingerprint density at radius 1 is 1.43 bits per heavy atom. The second-order valence-corrected chi connectivity index (χ2v) is 6.04. The smallest absolute Gasteiger partial charge is 0.216 e. The molecule has 0 fully saturated rings. The van der Waals surface area contributed by atoms with Gasteiger partial charge in [0.1, 0.15) is 0 Å². The van der Waals surface area contributed by atoms with Gasteiger partial charge in [0.2, 0.25) is 11.1 Å². The van der Waals surface area contributed by atoms with Crippen molar-refractivity contribution in [2.24, 2.45) is 0 Å². The van der Waals surface area contributed by atoms with Gasteiger partial charge in [-0.25, -0.2) is 4.68 Å². The van der Waals surface area contributed by atoms with Crippen molar-refractivity contribution in [2.75, 3.05) is 18.1 Å². The zero-order chi connectivity index (χ0) is 15.4. The maximum absolute atomic E-state index is 10.8. The van der Waals surface area contributed by atoms with Crippen molar-refractivity contribution >= 4 is 40.9 Å². The van der Waals surface area contributed by atoms with Gasteiger partial charge in [-0.05, 0) is 18.2 Å². The van der Waals surface area contributed by atoms with E-state index >= 15 is 0 Å². The number of thioether (sulfide) groups is 1. The molecule has 0 saturated heterocycles. The Morgan fingerprint density at radius 2 is 2.19 bits per heavy atom. The van der Waals surface area contributed by atoms with Crippen molar-refractivity contribution < 1.29 is 4.79 Å².